The maximum absolute atomic E-state index is 14.7. The highest BCUT2D eigenvalue weighted by atomic mass is 19.1. The number of nitrogens with zero attached hydrogens (tertiary/aromatic N) is 5. The van der Waals surface area contributed by atoms with E-state index in [1.54, 1.807) is 12.1 Å². The molecule has 3 aliphatic rings. The Morgan fingerprint density at radius 1 is 1.30 bits per heavy atom. The van der Waals surface area contributed by atoms with Crippen LogP contribution in [0.4, 0.5) is 20.6 Å². The summed E-state index contributed by atoms with van der Waals surface area (Å²) in [6.07, 6.45) is 0.276. The van der Waals surface area contributed by atoms with E-state index in [9.17, 15) is 9.18 Å². The third-order valence-corrected chi connectivity index (χ3v) is 5.15. The van der Waals surface area contributed by atoms with Crippen LogP contribution in [-0.2, 0) is 14.2 Å². The lowest BCUT2D eigenvalue weighted by atomic mass is 10.0. The number of piperidine rings is 1. The van der Waals surface area contributed by atoms with Gasteiger partial charge in [-0.25, -0.2) is 9.18 Å². The van der Waals surface area contributed by atoms with Gasteiger partial charge in [0.25, 0.3) is 0 Å². The number of azide groups is 1. The van der Waals surface area contributed by atoms with Crippen LogP contribution in [-0.4, -0.2) is 57.4 Å². The molecule has 0 radical (unpaired) electrons. The normalized spacial score (nSPS) is 24.2. The van der Waals surface area contributed by atoms with Gasteiger partial charge in [-0.15, -0.1) is 0 Å². The van der Waals surface area contributed by atoms with Gasteiger partial charge < -0.3 is 19.1 Å². The Bertz CT molecular complexity index is 769. The summed E-state index contributed by atoms with van der Waals surface area (Å²) in [5, 5.41) is 3.41. The van der Waals surface area contributed by atoms with Gasteiger partial charge in [0.05, 0.1) is 37.7 Å². The number of cyclic esters (lactones) is 1. The van der Waals surface area contributed by atoms with Crippen molar-refractivity contribution in [1.82, 2.24) is 0 Å². The summed E-state index contributed by atoms with van der Waals surface area (Å²) in [5.74, 6) is -0.907. The number of benzene rings is 1. The number of halogens is 1. The molecule has 1 aromatic carbocycles. The Kier molecular flexibility index (Phi) is 4.77. The predicted molar refractivity (Wildman–Crippen MR) is 94.1 cm³/mol. The second-order valence-electron chi connectivity index (χ2n) is 6.76. The van der Waals surface area contributed by atoms with E-state index < -0.39 is 23.8 Å². The molecule has 144 valence electrons. The zero-order valence-corrected chi connectivity index (χ0v) is 14.7. The van der Waals surface area contributed by atoms with Crippen LogP contribution in [0.5, 0.6) is 0 Å². The lowest BCUT2D eigenvalue weighted by Gasteiger charge is -2.38. The van der Waals surface area contributed by atoms with Crippen molar-refractivity contribution in [2.24, 2.45) is 5.11 Å². The fraction of sp³-hybridized carbons (Fsp3) is 0.588. The zero-order valence-electron chi connectivity index (χ0n) is 14.7. The molecule has 1 aromatic rings. The minimum atomic E-state index is -0.573. The van der Waals surface area contributed by atoms with E-state index in [2.05, 4.69) is 10.0 Å². The SMILES string of the molecule is [N-]=[N+]=NC[C@H]1CN(c2ccc(N3CCC4(CC3)OCCO4)c(F)c2)C(=O)O1. The molecule has 1 amide bonds. The van der Waals surface area contributed by atoms with Crippen molar-refractivity contribution in [3.63, 3.8) is 0 Å². The number of hydrogen-bond donors (Lipinski definition) is 0. The summed E-state index contributed by atoms with van der Waals surface area (Å²) in [4.78, 5) is 18.0. The zero-order chi connectivity index (χ0) is 18.9. The molecule has 9 nitrogen and oxygen atoms in total. The average molecular weight is 377 g/mol. The van der Waals surface area contributed by atoms with Crippen molar-refractivity contribution in [1.29, 1.82) is 0 Å². The molecule has 4 rings (SSSR count). The lowest BCUT2D eigenvalue weighted by Crippen LogP contribution is -2.45. The highest BCUT2D eigenvalue weighted by molar-refractivity contribution is 5.90. The van der Waals surface area contributed by atoms with Crippen LogP contribution in [0.3, 0.4) is 0 Å². The van der Waals surface area contributed by atoms with Crippen molar-refractivity contribution in [3.05, 3.63) is 34.5 Å². The van der Waals surface area contributed by atoms with Gasteiger partial charge in [-0.3, -0.25) is 4.90 Å². The highest BCUT2D eigenvalue weighted by Gasteiger charge is 2.40. The first kappa shape index (κ1) is 17.8. The Morgan fingerprint density at radius 3 is 2.70 bits per heavy atom. The first-order valence-electron chi connectivity index (χ1n) is 8.92. The van der Waals surface area contributed by atoms with Crippen LogP contribution in [0.15, 0.2) is 23.3 Å². The highest BCUT2D eigenvalue weighted by Crippen LogP contribution is 2.35. The topological polar surface area (TPSA) is 100 Å². The van der Waals surface area contributed by atoms with Gasteiger partial charge in [-0.2, -0.15) is 0 Å². The maximum atomic E-state index is 14.7. The van der Waals surface area contributed by atoms with Gasteiger partial charge in [0.1, 0.15) is 11.9 Å². The van der Waals surface area contributed by atoms with Crippen molar-refractivity contribution in [3.8, 4) is 0 Å². The molecule has 0 saturated carbocycles. The Labute approximate surface area is 155 Å². The van der Waals surface area contributed by atoms with E-state index in [0.717, 1.165) is 0 Å². The van der Waals surface area contributed by atoms with Crippen molar-refractivity contribution < 1.29 is 23.4 Å². The van der Waals surface area contributed by atoms with E-state index in [1.807, 2.05) is 4.90 Å². The lowest BCUT2D eigenvalue weighted by molar-refractivity contribution is -0.169. The van der Waals surface area contributed by atoms with Crippen LogP contribution in [0.1, 0.15) is 12.8 Å². The molecular formula is C17H20FN5O4. The van der Waals surface area contributed by atoms with Crippen molar-refractivity contribution in [2.75, 3.05) is 49.2 Å². The Morgan fingerprint density at radius 2 is 2.04 bits per heavy atom. The first-order valence-corrected chi connectivity index (χ1v) is 8.92. The van der Waals surface area contributed by atoms with E-state index in [1.165, 1.54) is 11.0 Å². The smallest absolute Gasteiger partial charge is 0.414 e. The average Bonchev–Trinajstić information content (AvgIpc) is 3.28. The summed E-state index contributed by atoms with van der Waals surface area (Å²) in [6.45, 7) is 2.76. The Hall–Kier alpha value is -2.55. The van der Waals surface area contributed by atoms with Gasteiger partial charge in [-0.05, 0) is 23.7 Å². The maximum Gasteiger partial charge on any atom is 0.414 e. The summed E-state index contributed by atoms with van der Waals surface area (Å²) >= 11 is 0. The molecule has 3 aliphatic heterocycles. The Balaban J connectivity index is 1.44. The molecule has 3 saturated heterocycles. The monoisotopic (exact) mass is 377 g/mol. The predicted octanol–water partition coefficient (Wildman–Crippen LogP) is 2.80. The number of ether oxygens (including phenoxy) is 3. The number of amides is 1. The molecule has 27 heavy (non-hydrogen) atoms. The number of carbonyl (C=O) groups excluding carboxylic acids is 1. The molecule has 1 atom stereocenters. The third kappa shape index (κ3) is 3.51. The molecule has 3 fully saturated rings. The molecule has 1 spiro atoms. The van der Waals surface area contributed by atoms with Gasteiger partial charge in [-0.1, -0.05) is 5.11 Å². The van der Waals surface area contributed by atoms with Gasteiger partial charge in [0.15, 0.2) is 5.79 Å². The molecular weight excluding hydrogens is 357 g/mol. The second kappa shape index (κ2) is 7.22. The number of hydrogen-bond acceptors (Lipinski definition) is 6. The first-order chi connectivity index (χ1) is 13.1. The molecule has 10 heteroatoms. The van der Waals surface area contributed by atoms with E-state index in [4.69, 9.17) is 19.7 Å². The van der Waals surface area contributed by atoms with Crippen LogP contribution in [0.2, 0.25) is 0 Å². The summed E-state index contributed by atoms with van der Waals surface area (Å²) < 4.78 is 31.3. The summed E-state index contributed by atoms with van der Waals surface area (Å²) in [5.41, 5.74) is 9.28. The van der Waals surface area contributed by atoms with Crippen molar-refractivity contribution in [2.45, 2.75) is 24.7 Å². The van der Waals surface area contributed by atoms with E-state index >= 15 is 0 Å². The summed E-state index contributed by atoms with van der Waals surface area (Å²) in [6, 6.07) is 4.70. The molecule has 0 aromatic heterocycles. The molecule has 0 aliphatic carbocycles. The fourth-order valence-corrected chi connectivity index (χ4v) is 3.75. The number of rotatable bonds is 4. The minimum absolute atomic E-state index is 0.0545. The standard InChI is InChI=1S/C17H20FN5O4/c18-14-9-12(23-11-13(10-20-21-19)27-16(23)24)1-2-15(14)22-5-3-17(4-6-22)25-7-8-26-17/h1-2,9,13H,3-8,10-11H2/t13-/m0/s1. The molecule has 0 bridgehead atoms. The van der Waals surface area contributed by atoms with Crippen molar-refractivity contribution >= 4 is 17.5 Å². The summed E-state index contributed by atoms with van der Waals surface area (Å²) in [7, 11) is 0. The number of carbonyl (C=O) groups is 1. The molecule has 0 N–H and O–H groups in total. The van der Waals surface area contributed by atoms with Gasteiger partial charge in [0.2, 0.25) is 0 Å². The molecule has 0 unspecified atom stereocenters. The third-order valence-electron chi connectivity index (χ3n) is 5.15. The van der Waals surface area contributed by atoms with E-state index in [-0.39, 0.29) is 13.1 Å². The fourth-order valence-electron chi connectivity index (χ4n) is 3.75. The van der Waals surface area contributed by atoms with Crippen LogP contribution in [0, 0.1) is 5.82 Å². The van der Waals surface area contributed by atoms with Crippen LogP contribution < -0.4 is 9.80 Å². The minimum Gasteiger partial charge on any atom is -0.444 e. The van der Waals surface area contributed by atoms with Crippen LogP contribution in [0.25, 0.3) is 10.4 Å². The van der Waals surface area contributed by atoms with Crippen LogP contribution >= 0.6 is 0 Å². The van der Waals surface area contributed by atoms with E-state index in [0.29, 0.717) is 50.5 Å². The van der Waals surface area contributed by atoms with Gasteiger partial charge in [0, 0.05) is 30.8 Å². The second-order valence-corrected chi connectivity index (χ2v) is 6.76. The molecule has 3 heterocycles. The quantitative estimate of drug-likeness (QED) is 0.456. The van der Waals surface area contributed by atoms with Gasteiger partial charge >= 0.3 is 6.09 Å². The largest absolute Gasteiger partial charge is 0.444 e. The number of anilines is 2.